The van der Waals surface area contributed by atoms with Gasteiger partial charge in [-0.15, -0.1) is 0 Å². The summed E-state index contributed by atoms with van der Waals surface area (Å²) in [7, 11) is 0. The second-order valence-electron chi connectivity index (χ2n) is 6.03. The summed E-state index contributed by atoms with van der Waals surface area (Å²) in [5.41, 5.74) is 0.513. The lowest BCUT2D eigenvalue weighted by atomic mass is 10.0. The Balaban J connectivity index is 1.64. The van der Waals surface area contributed by atoms with Gasteiger partial charge >= 0.3 is 0 Å². The Hall–Kier alpha value is -2.08. The molecule has 5 heteroatoms. The van der Waals surface area contributed by atoms with E-state index in [0.717, 1.165) is 38.5 Å². The van der Waals surface area contributed by atoms with E-state index in [-0.39, 0.29) is 5.75 Å². The summed E-state index contributed by atoms with van der Waals surface area (Å²) in [5, 5.41) is 23.8. The minimum absolute atomic E-state index is 0.100. The molecule has 1 fully saturated rings. The van der Waals surface area contributed by atoms with Crippen LogP contribution in [0.15, 0.2) is 48.5 Å². The van der Waals surface area contributed by atoms with E-state index >= 15 is 0 Å². The first-order chi connectivity index (χ1) is 11.7. The maximum absolute atomic E-state index is 10.5. The van der Waals surface area contributed by atoms with Crippen molar-refractivity contribution in [3.63, 3.8) is 0 Å². The molecule has 2 aromatic carbocycles. The van der Waals surface area contributed by atoms with Crippen LogP contribution in [0.2, 0.25) is 0 Å². The van der Waals surface area contributed by atoms with Crippen molar-refractivity contribution in [1.82, 2.24) is 10.2 Å². The summed E-state index contributed by atoms with van der Waals surface area (Å²) in [6.45, 7) is 4.78. The van der Waals surface area contributed by atoms with E-state index in [1.54, 1.807) is 18.2 Å². The Morgan fingerprint density at radius 3 is 2.54 bits per heavy atom. The lowest BCUT2D eigenvalue weighted by Gasteiger charge is -2.28. The van der Waals surface area contributed by atoms with Crippen molar-refractivity contribution in [3.05, 3.63) is 54.1 Å². The third kappa shape index (κ3) is 4.47. The minimum atomic E-state index is -0.709. The smallest absolute Gasteiger partial charge is 0.128 e. The van der Waals surface area contributed by atoms with Crippen LogP contribution >= 0.6 is 0 Å². The standard InChI is InChI=1S/C19H24N2O3/c22-18-7-6-16(24-15-4-2-1-3-5-15)14-17(18)19(23)8-11-21-12-9-20-10-13-21/h1-7,14,19-20,22-23H,8-13H2. The molecule has 0 bridgehead atoms. The highest BCUT2D eigenvalue weighted by atomic mass is 16.5. The van der Waals surface area contributed by atoms with Crippen molar-refractivity contribution in [2.45, 2.75) is 12.5 Å². The molecule has 3 N–H and O–H groups in total. The van der Waals surface area contributed by atoms with Crippen LogP contribution in [0.4, 0.5) is 0 Å². The van der Waals surface area contributed by atoms with Crippen molar-refractivity contribution < 1.29 is 14.9 Å². The van der Waals surface area contributed by atoms with Crippen molar-refractivity contribution in [3.8, 4) is 17.2 Å². The number of aliphatic hydroxyl groups is 1. The average Bonchev–Trinajstić information content (AvgIpc) is 2.63. The lowest BCUT2D eigenvalue weighted by molar-refractivity contribution is 0.134. The van der Waals surface area contributed by atoms with Crippen LogP contribution in [0.3, 0.4) is 0 Å². The van der Waals surface area contributed by atoms with Gasteiger partial charge in [0.2, 0.25) is 0 Å². The Morgan fingerprint density at radius 2 is 1.79 bits per heavy atom. The fraction of sp³-hybridized carbons (Fsp3) is 0.368. The molecule has 0 saturated carbocycles. The monoisotopic (exact) mass is 328 g/mol. The Bertz CT molecular complexity index is 642. The summed E-state index contributed by atoms with van der Waals surface area (Å²) in [6, 6.07) is 14.5. The third-order valence-electron chi connectivity index (χ3n) is 4.27. The summed E-state index contributed by atoms with van der Waals surface area (Å²) in [5.74, 6) is 1.43. The molecule has 0 radical (unpaired) electrons. The SMILES string of the molecule is Oc1ccc(Oc2ccccc2)cc1C(O)CCN1CCNCC1. The molecule has 0 spiro atoms. The molecule has 0 aliphatic carbocycles. The number of ether oxygens (including phenoxy) is 1. The van der Waals surface area contributed by atoms with Crippen LogP contribution in [-0.2, 0) is 0 Å². The van der Waals surface area contributed by atoms with E-state index in [2.05, 4.69) is 10.2 Å². The van der Waals surface area contributed by atoms with Crippen molar-refractivity contribution in [2.75, 3.05) is 32.7 Å². The van der Waals surface area contributed by atoms with Gasteiger partial charge in [-0.1, -0.05) is 18.2 Å². The molecule has 1 aliphatic rings. The Morgan fingerprint density at radius 1 is 1.04 bits per heavy atom. The number of rotatable bonds is 6. The molecule has 5 nitrogen and oxygen atoms in total. The van der Waals surface area contributed by atoms with Gasteiger partial charge in [0, 0.05) is 38.3 Å². The number of phenolic OH excluding ortho intramolecular Hbond substituents is 1. The van der Waals surface area contributed by atoms with Gasteiger partial charge in [-0.25, -0.2) is 0 Å². The Labute approximate surface area is 142 Å². The molecule has 1 aliphatic heterocycles. The van der Waals surface area contributed by atoms with Gasteiger partial charge in [-0.2, -0.15) is 0 Å². The predicted molar refractivity (Wildman–Crippen MR) is 93.5 cm³/mol. The van der Waals surface area contributed by atoms with Crippen molar-refractivity contribution in [1.29, 1.82) is 0 Å². The van der Waals surface area contributed by atoms with Crippen LogP contribution < -0.4 is 10.1 Å². The normalized spacial score (nSPS) is 16.7. The number of phenols is 1. The fourth-order valence-corrected chi connectivity index (χ4v) is 2.88. The third-order valence-corrected chi connectivity index (χ3v) is 4.27. The second-order valence-corrected chi connectivity index (χ2v) is 6.03. The van der Waals surface area contributed by atoms with Gasteiger partial charge in [0.1, 0.15) is 17.2 Å². The largest absolute Gasteiger partial charge is 0.508 e. The highest BCUT2D eigenvalue weighted by Crippen LogP contribution is 2.32. The van der Waals surface area contributed by atoms with Gasteiger partial charge < -0.3 is 25.2 Å². The molecule has 1 saturated heterocycles. The number of aromatic hydroxyl groups is 1. The quantitative estimate of drug-likeness (QED) is 0.760. The summed E-state index contributed by atoms with van der Waals surface area (Å²) >= 11 is 0. The summed E-state index contributed by atoms with van der Waals surface area (Å²) < 4.78 is 5.78. The van der Waals surface area contributed by atoms with Gasteiger partial charge in [-0.3, -0.25) is 0 Å². The van der Waals surface area contributed by atoms with Crippen LogP contribution in [0.5, 0.6) is 17.2 Å². The molecular weight excluding hydrogens is 304 g/mol. The van der Waals surface area contributed by atoms with Crippen molar-refractivity contribution in [2.24, 2.45) is 0 Å². The fourth-order valence-electron chi connectivity index (χ4n) is 2.88. The van der Waals surface area contributed by atoms with E-state index in [9.17, 15) is 10.2 Å². The van der Waals surface area contributed by atoms with Crippen LogP contribution in [-0.4, -0.2) is 47.8 Å². The van der Waals surface area contributed by atoms with Gasteiger partial charge in [0.25, 0.3) is 0 Å². The number of hydrogen-bond acceptors (Lipinski definition) is 5. The Kier molecular flexibility index (Phi) is 5.69. The van der Waals surface area contributed by atoms with Gasteiger partial charge in [0.05, 0.1) is 6.10 Å². The maximum atomic E-state index is 10.5. The molecule has 1 heterocycles. The molecule has 1 unspecified atom stereocenters. The van der Waals surface area contributed by atoms with E-state index in [1.807, 2.05) is 30.3 Å². The highest BCUT2D eigenvalue weighted by Gasteiger charge is 2.16. The molecule has 0 amide bonds. The van der Waals surface area contributed by atoms with E-state index in [4.69, 9.17) is 4.74 Å². The molecule has 0 aromatic heterocycles. The molecule has 128 valence electrons. The second kappa shape index (κ2) is 8.15. The first-order valence-corrected chi connectivity index (χ1v) is 8.39. The first kappa shape index (κ1) is 16.8. The lowest BCUT2D eigenvalue weighted by Crippen LogP contribution is -2.44. The number of piperazine rings is 1. The zero-order chi connectivity index (χ0) is 16.8. The number of nitrogens with zero attached hydrogens (tertiary/aromatic N) is 1. The summed E-state index contributed by atoms with van der Waals surface area (Å²) in [6.07, 6.45) is -0.123. The highest BCUT2D eigenvalue weighted by molar-refractivity contribution is 5.42. The molecule has 3 rings (SSSR count). The maximum Gasteiger partial charge on any atom is 0.128 e. The number of nitrogens with one attached hydrogen (secondary N) is 1. The van der Waals surface area contributed by atoms with E-state index in [0.29, 0.717) is 17.7 Å². The molecule has 1 atom stereocenters. The predicted octanol–water partition coefficient (Wildman–Crippen LogP) is 2.51. The minimum Gasteiger partial charge on any atom is -0.508 e. The topological polar surface area (TPSA) is 65.0 Å². The number of para-hydroxylation sites is 1. The average molecular weight is 328 g/mol. The van der Waals surface area contributed by atoms with Gasteiger partial charge in [0.15, 0.2) is 0 Å². The van der Waals surface area contributed by atoms with Crippen LogP contribution in [0.1, 0.15) is 18.1 Å². The van der Waals surface area contributed by atoms with E-state index < -0.39 is 6.10 Å². The molecule has 2 aromatic rings. The van der Waals surface area contributed by atoms with E-state index in [1.165, 1.54) is 0 Å². The first-order valence-electron chi connectivity index (χ1n) is 8.39. The molecule has 24 heavy (non-hydrogen) atoms. The summed E-state index contributed by atoms with van der Waals surface area (Å²) in [4.78, 5) is 2.32. The van der Waals surface area contributed by atoms with Crippen LogP contribution in [0.25, 0.3) is 0 Å². The van der Waals surface area contributed by atoms with Crippen molar-refractivity contribution >= 4 is 0 Å². The zero-order valence-corrected chi connectivity index (χ0v) is 13.7. The zero-order valence-electron chi connectivity index (χ0n) is 13.7. The number of benzene rings is 2. The van der Waals surface area contributed by atoms with Gasteiger partial charge in [-0.05, 0) is 36.8 Å². The molecular formula is C19H24N2O3. The number of aliphatic hydroxyl groups excluding tert-OH is 1. The number of hydrogen-bond donors (Lipinski definition) is 3. The van der Waals surface area contributed by atoms with Crippen LogP contribution in [0, 0.1) is 0 Å².